The molecule has 3 N–H and O–H groups in total. The molecule has 0 atom stereocenters. The van der Waals surface area contributed by atoms with Crippen molar-refractivity contribution in [1.29, 1.82) is 0 Å². The van der Waals surface area contributed by atoms with Crippen molar-refractivity contribution in [1.82, 2.24) is 0 Å². The summed E-state index contributed by atoms with van der Waals surface area (Å²) in [5, 5.41) is 10.8. The van der Waals surface area contributed by atoms with Gasteiger partial charge in [-0.25, -0.2) is 0 Å². The Bertz CT molecular complexity index is 669. The molecule has 96 valence electrons. The number of hydrogen-bond donors (Lipinski definition) is 2. The molecule has 0 saturated carbocycles. The van der Waals surface area contributed by atoms with Crippen LogP contribution in [-0.4, -0.2) is 17.0 Å². The van der Waals surface area contributed by atoms with Gasteiger partial charge in [-0.05, 0) is 22.4 Å². The van der Waals surface area contributed by atoms with E-state index < -0.39 is 11.9 Å². The van der Waals surface area contributed by atoms with E-state index in [1.165, 1.54) is 0 Å². The zero-order chi connectivity index (χ0) is 13.8. The average molecular weight is 255 g/mol. The van der Waals surface area contributed by atoms with Gasteiger partial charge >= 0.3 is 5.97 Å². The van der Waals surface area contributed by atoms with Gasteiger partial charge in [-0.1, -0.05) is 42.5 Å². The van der Waals surface area contributed by atoms with Crippen molar-refractivity contribution in [2.45, 2.75) is 6.42 Å². The Morgan fingerprint density at radius 3 is 2.47 bits per heavy atom. The van der Waals surface area contributed by atoms with Crippen molar-refractivity contribution >= 4 is 28.7 Å². The molecule has 0 saturated heterocycles. The second kappa shape index (κ2) is 5.35. The summed E-state index contributed by atoms with van der Waals surface area (Å²) in [6, 6.07) is 13.3. The van der Waals surface area contributed by atoms with E-state index in [0.29, 0.717) is 0 Å². The summed E-state index contributed by atoms with van der Waals surface area (Å²) in [6.45, 7) is 0. The van der Waals surface area contributed by atoms with Crippen LogP contribution in [0, 0.1) is 0 Å². The Labute approximate surface area is 110 Å². The van der Waals surface area contributed by atoms with E-state index in [4.69, 9.17) is 10.8 Å². The lowest BCUT2D eigenvalue weighted by Crippen LogP contribution is -2.16. The molecule has 4 nitrogen and oxygen atoms in total. The number of hydrogen-bond acceptors (Lipinski definition) is 2. The van der Waals surface area contributed by atoms with Crippen LogP contribution >= 0.6 is 0 Å². The van der Waals surface area contributed by atoms with Crippen molar-refractivity contribution in [3.05, 3.63) is 53.6 Å². The molecule has 0 aliphatic rings. The number of carboxylic acid groups (broad SMARTS) is 1. The van der Waals surface area contributed by atoms with E-state index >= 15 is 0 Å². The van der Waals surface area contributed by atoms with E-state index in [2.05, 4.69) is 0 Å². The fraction of sp³-hybridized carbons (Fsp3) is 0.0667. The van der Waals surface area contributed by atoms with Crippen LogP contribution in [-0.2, 0) is 9.59 Å². The number of benzene rings is 2. The van der Waals surface area contributed by atoms with E-state index in [9.17, 15) is 9.59 Å². The van der Waals surface area contributed by atoms with Gasteiger partial charge in [0.25, 0.3) is 0 Å². The third kappa shape index (κ3) is 2.98. The predicted molar refractivity (Wildman–Crippen MR) is 73.4 cm³/mol. The number of carboxylic acids is 1. The van der Waals surface area contributed by atoms with Crippen LogP contribution in [0.4, 0.5) is 0 Å². The van der Waals surface area contributed by atoms with Crippen LogP contribution in [0.2, 0.25) is 0 Å². The fourth-order valence-electron chi connectivity index (χ4n) is 1.94. The lowest BCUT2D eigenvalue weighted by molar-refractivity contribution is -0.136. The molecule has 0 unspecified atom stereocenters. The summed E-state index contributed by atoms with van der Waals surface area (Å²) in [5.74, 6) is -1.79. The van der Waals surface area contributed by atoms with Crippen LogP contribution in [0.25, 0.3) is 16.8 Å². The van der Waals surface area contributed by atoms with Crippen molar-refractivity contribution in [3.63, 3.8) is 0 Å². The van der Waals surface area contributed by atoms with Gasteiger partial charge in [0.05, 0.1) is 6.42 Å². The summed E-state index contributed by atoms with van der Waals surface area (Å²) in [7, 11) is 0. The van der Waals surface area contributed by atoms with Gasteiger partial charge in [0.15, 0.2) is 0 Å². The first-order valence-electron chi connectivity index (χ1n) is 5.78. The third-order valence-corrected chi connectivity index (χ3v) is 2.81. The highest BCUT2D eigenvalue weighted by Crippen LogP contribution is 2.21. The number of amides is 1. The molecule has 0 aliphatic carbocycles. The molecule has 0 aliphatic heterocycles. The molecule has 2 rings (SSSR count). The second-order valence-corrected chi connectivity index (χ2v) is 4.17. The molecule has 0 fully saturated rings. The monoisotopic (exact) mass is 255 g/mol. The quantitative estimate of drug-likeness (QED) is 0.822. The Morgan fingerprint density at radius 1 is 1.11 bits per heavy atom. The first-order valence-corrected chi connectivity index (χ1v) is 5.78. The van der Waals surface area contributed by atoms with Gasteiger partial charge in [-0.2, -0.15) is 0 Å². The zero-order valence-corrected chi connectivity index (χ0v) is 10.2. The van der Waals surface area contributed by atoms with Gasteiger partial charge < -0.3 is 10.8 Å². The van der Waals surface area contributed by atoms with Crippen LogP contribution in [0.3, 0.4) is 0 Å². The van der Waals surface area contributed by atoms with Crippen molar-refractivity contribution in [2.75, 3.05) is 0 Å². The summed E-state index contributed by atoms with van der Waals surface area (Å²) in [5.41, 5.74) is 6.08. The minimum Gasteiger partial charge on any atom is -0.481 e. The number of fused-ring (bicyclic) bond motifs is 1. The number of carbonyl (C=O) groups excluding carboxylic acids is 1. The lowest BCUT2D eigenvalue weighted by Gasteiger charge is -2.04. The highest BCUT2D eigenvalue weighted by Gasteiger charge is 2.10. The molecule has 0 bridgehead atoms. The predicted octanol–water partition coefficient (Wildman–Crippen LogP) is 2.18. The number of rotatable bonds is 4. The second-order valence-electron chi connectivity index (χ2n) is 4.17. The molecule has 0 spiro atoms. The Balaban J connectivity index is 2.54. The van der Waals surface area contributed by atoms with Crippen LogP contribution in [0.1, 0.15) is 12.0 Å². The number of primary amides is 1. The Hall–Kier alpha value is -2.62. The molecule has 1 amide bonds. The standard InChI is InChI=1S/C15H13NO3/c16-15(19)12(9-14(17)18)8-11-6-3-5-10-4-1-2-7-13(10)11/h1-8H,9H2,(H2,16,19)(H,17,18). The maximum Gasteiger partial charge on any atom is 0.308 e. The molecule has 2 aromatic rings. The topological polar surface area (TPSA) is 80.4 Å². The maximum atomic E-state index is 11.3. The molecule has 0 radical (unpaired) electrons. The lowest BCUT2D eigenvalue weighted by atomic mass is 10.0. The molecule has 0 heterocycles. The molecule has 4 heteroatoms. The molecule has 0 aromatic heterocycles. The molecular weight excluding hydrogens is 242 g/mol. The van der Waals surface area contributed by atoms with Gasteiger partial charge in [0.1, 0.15) is 0 Å². The van der Waals surface area contributed by atoms with Crippen LogP contribution < -0.4 is 5.73 Å². The first kappa shape index (κ1) is 12.8. The summed E-state index contributed by atoms with van der Waals surface area (Å²) in [4.78, 5) is 22.0. The molecule has 19 heavy (non-hydrogen) atoms. The number of nitrogens with two attached hydrogens (primary N) is 1. The minimum absolute atomic E-state index is 0.0869. The van der Waals surface area contributed by atoms with Gasteiger partial charge in [0.2, 0.25) is 5.91 Å². The number of carbonyl (C=O) groups is 2. The van der Waals surface area contributed by atoms with E-state index in [0.717, 1.165) is 16.3 Å². The third-order valence-electron chi connectivity index (χ3n) is 2.81. The van der Waals surface area contributed by atoms with Gasteiger partial charge in [0, 0.05) is 5.57 Å². The summed E-state index contributed by atoms with van der Waals surface area (Å²) >= 11 is 0. The van der Waals surface area contributed by atoms with Crippen LogP contribution in [0.15, 0.2) is 48.0 Å². The highest BCUT2D eigenvalue weighted by atomic mass is 16.4. The summed E-state index contributed by atoms with van der Waals surface area (Å²) < 4.78 is 0. The largest absolute Gasteiger partial charge is 0.481 e. The summed E-state index contributed by atoms with van der Waals surface area (Å²) in [6.07, 6.45) is 1.16. The molecule has 2 aromatic carbocycles. The van der Waals surface area contributed by atoms with Crippen molar-refractivity contribution < 1.29 is 14.7 Å². The maximum absolute atomic E-state index is 11.3. The number of aliphatic carboxylic acids is 1. The average Bonchev–Trinajstić information content (AvgIpc) is 2.37. The van der Waals surface area contributed by atoms with Gasteiger partial charge in [-0.3, -0.25) is 9.59 Å². The van der Waals surface area contributed by atoms with Crippen molar-refractivity contribution in [2.24, 2.45) is 5.73 Å². The van der Waals surface area contributed by atoms with E-state index in [-0.39, 0.29) is 12.0 Å². The fourth-order valence-corrected chi connectivity index (χ4v) is 1.94. The Morgan fingerprint density at radius 2 is 1.79 bits per heavy atom. The minimum atomic E-state index is -1.08. The first-order chi connectivity index (χ1) is 9.08. The van der Waals surface area contributed by atoms with Crippen LogP contribution in [0.5, 0.6) is 0 Å². The van der Waals surface area contributed by atoms with Crippen molar-refractivity contribution in [3.8, 4) is 0 Å². The highest BCUT2D eigenvalue weighted by molar-refractivity contribution is 6.02. The molecular formula is C15H13NO3. The smallest absolute Gasteiger partial charge is 0.308 e. The zero-order valence-electron chi connectivity index (χ0n) is 10.2. The van der Waals surface area contributed by atoms with E-state index in [1.807, 2.05) is 42.5 Å². The SMILES string of the molecule is NC(=O)C(=Cc1cccc2ccccc12)CC(=O)O. The van der Waals surface area contributed by atoms with E-state index in [1.54, 1.807) is 6.08 Å². The Kier molecular flexibility index (Phi) is 3.61. The van der Waals surface area contributed by atoms with Gasteiger partial charge in [-0.15, -0.1) is 0 Å². The normalized spacial score (nSPS) is 11.5.